The summed E-state index contributed by atoms with van der Waals surface area (Å²) in [6.07, 6.45) is 2.77. The molecule has 0 aromatic heterocycles. The fraction of sp³-hybridized carbons (Fsp3) is 0.500. The van der Waals surface area contributed by atoms with Crippen LogP contribution in [0.3, 0.4) is 0 Å². The van der Waals surface area contributed by atoms with Gasteiger partial charge < -0.3 is 10.2 Å². The zero-order chi connectivity index (χ0) is 12.1. The van der Waals surface area contributed by atoms with Crippen LogP contribution in [0.2, 0.25) is 0 Å². The summed E-state index contributed by atoms with van der Waals surface area (Å²) in [7, 11) is 3.60. The van der Waals surface area contributed by atoms with Crippen LogP contribution in [-0.4, -0.2) is 43.5 Å². The van der Waals surface area contributed by atoms with Gasteiger partial charge in [0.05, 0.1) is 6.54 Å². The second kappa shape index (κ2) is 5.98. The maximum absolute atomic E-state index is 13.1. The van der Waals surface area contributed by atoms with Crippen LogP contribution in [0.15, 0.2) is 23.7 Å². The molecule has 0 saturated carbocycles. The molecular formula is C10H15ClFN3O. The molecule has 1 rings (SSSR count). The van der Waals surface area contributed by atoms with Crippen LogP contribution in [-0.2, 0) is 4.79 Å². The number of amides is 1. The van der Waals surface area contributed by atoms with Crippen LogP contribution < -0.4 is 10.6 Å². The van der Waals surface area contributed by atoms with Crippen molar-refractivity contribution in [3.8, 4) is 0 Å². The number of rotatable bonds is 3. The van der Waals surface area contributed by atoms with E-state index in [1.165, 1.54) is 12.2 Å². The molecule has 0 bridgehead atoms. The molecule has 2 N–H and O–H groups in total. The molecule has 0 fully saturated rings. The minimum atomic E-state index is -0.834. The quantitative estimate of drug-likeness (QED) is 0.566. The predicted molar refractivity (Wildman–Crippen MR) is 61.6 cm³/mol. The summed E-state index contributed by atoms with van der Waals surface area (Å²) in [4.78, 5) is 13.2. The van der Waals surface area contributed by atoms with Crippen molar-refractivity contribution in [2.75, 3.05) is 27.2 Å². The van der Waals surface area contributed by atoms with Gasteiger partial charge in [-0.2, -0.15) is 0 Å². The van der Waals surface area contributed by atoms with Gasteiger partial charge in [0.2, 0.25) is 5.91 Å². The first kappa shape index (κ1) is 13.2. The van der Waals surface area contributed by atoms with Crippen molar-refractivity contribution in [3.63, 3.8) is 0 Å². The lowest BCUT2D eigenvalue weighted by Crippen LogP contribution is -2.36. The molecule has 6 heteroatoms. The van der Waals surface area contributed by atoms with Gasteiger partial charge in [-0.3, -0.25) is 10.1 Å². The first-order valence-electron chi connectivity index (χ1n) is 4.87. The van der Waals surface area contributed by atoms with Crippen LogP contribution in [0.1, 0.15) is 0 Å². The number of halogens is 2. The Bertz CT molecular complexity index is 328. The van der Waals surface area contributed by atoms with Crippen LogP contribution in [0.5, 0.6) is 0 Å². The SMILES string of the molecule is CN(C)CC(=O)NC1=CC=C(F)[C@H](Cl)NC1. The van der Waals surface area contributed by atoms with Crippen molar-refractivity contribution < 1.29 is 9.18 Å². The van der Waals surface area contributed by atoms with E-state index in [1.807, 2.05) is 0 Å². The van der Waals surface area contributed by atoms with E-state index >= 15 is 0 Å². The Morgan fingerprint density at radius 2 is 2.38 bits per heavy atom. The third-order valence-electron chi connectivity index (χ3n) is 1.92. The number of hydrogen-bond acceptors (Lipinski definition) is 3. The summed E-state index contributed by atoms with van der Waals surface area (Å²) in [5.41, 5.74) is -0.232. The molecular weight excluding hydrogens is 233 g/mol. The Morgan fingerprint density at radius 3 is 3.00 bits per heavy atom. The summed E-state index contributed by atoms with van der Waals surface area (Å²) < 4.78 is 13.1. The average molecular weight is 248 g/mol. The Hall–Kier alpha value is -0.910. The molecule has 1 heterocycles. The van der Waals surface area contributed by atoms with Gasteiger partial charge in [0.1, 0.15) is 11.3 Å². The normalized spacial score (nSPS) is 21.2. The van der Waals surface area contributed by atoms with Gasteiger partial charge in [-0.25, -0.2) is 4.39 Å². The Balaban J connectivity index is 2.53. The largest absolute Gasteiger partial charge is 0.327 e. The highest BCUT2D eigenvalue weighted by Crippen LogP contribution is 2.12. The van der Waals surface area contributed by atoms with Gasteiger partial charge in [-0.1, -0.05) is 11.6 Å². The van der Waals surface area contributed by atoms with Gasteiger partial charge in [0.25, 0.3) is 0 Å². The topological polar surface area (TPSA) is 44.4 Å². The van der Waals surface area contributed by atoms with Gasteiger partial charge in [-0.05, 0) is 26.2 Å². The van der Waals surface area contributed by atoms with E-state index in [0.29, 0.717) is 12.2 Å². The van der Waals surface area contributed by atoms with E-state index in [-0.39, 0.29) is 12.5 Å². The summed E-state index contributed by atoms with van der Waals surface area (Å²) in [5, 5.41) is 5.41. The Morgan fingerprint density at radius 1 is 1.69 bits per heavy atom. The molecule has 1 atom stereocenters. The number of alkyl halides is 1. The number of nitrogens with zero attached hydrogens (tertiary/aromatic N) is 1. The molecule has 0 aromatic rings. The number of carbonyl (C=O) groups excluding carboxylic acids is 1. The van der Waals surface area contributed by atoms with Crippen molar-refractivity contribution in [2.45, 2.75) is 5.50 Å². The maximum atomic E-state index is 13.1. The molecule has 1 amide bonds. The van der Waals surface area contributed by atoms with Crippen molar-refractivity contribution in [2.24, 2.45) is 0 Å². The molecule has 90 valence electrons. The van der Waals surface area contributed by atoms with Gasteiger partial charge in [0.15, 0.2) is 0 Å². The molecule has 1 aliphatic rings. The first-order chi connectivity index (χ1) is 7.49. The first-order valence-corrected chi connectivity index (χ1v) is 5.31. The van der Waals surface area contributed by atoms with Gasteiger partial charge >= 0.3 is 0 Å². The summed E-state index contributed by atoms with van der Waals surface area (Å²) in [6.45, 7) is 0.616. The van der Waals surface area contributed by atoms with E-state index in [2.05, 4.69) is 10.6 Å². The van der Waals surface area contributed by atoms with Crippen LogP contribution in [0, 0.1) is 0 Å². The standard InChI is InChI=1S/C10H15ClFN3O/c1-15(2)6-9(16)14-7-3-4-8(12)10(11)13-5-7/h3-4,10,13H,5-6H2,1-2H3,(H,14,16)/t10-/m1/s1. The van der Waals surface area contributed by atoms with E-state index in [4.69, 9.17) is 11.6 Å². The molecule has 0 radical (unpaired) electrons. The van der Waals surface area contributed by atoms with Gasteiger partial charge in [0, 0.05) is 12.2 Å². The minimum absolute atomic E-state index is 0.139. The molecule has 0 saturated heterocycles. The van der Waals surface area contributed by atoms with E-state index in [9.17, 15) is 9.18 Å². The third-order valence-corrected chi connectivity index (χ3v) is 2.28. The molecule has 0 spiro atoms. The van der Waals surface area contributed by atoms with Crippen LogP contribution >= 0.6 is 11.6 Å². The highest BCUT2D eigenvalue weighted by Gasteiger charge is 2.14. The van der Waals surface area contributed by atoms with Crippen molar-refractivity contribution in [3.05, 3.63) is 23.7 Å². The number of nitrogens with one attached hydrogen (secondary N) is 2. The summed E-state index contributed by atoms with van der Waals surface area (Å²) >= 11 is 5.65. The van der Waals surface area contributed by atoms with Crippen molar-refractivity contribution in [1.82, 2.24) is 15.5 Å². The number of likely N-dealkylation sites (N-methyl/N-ethyl adjacent to an activating group) is 1. The Labute approximate surface area is 99.1 Å². The second-order valence-corrected chi connectivity index (χ2v) is 4.21. The smallest absolute Gasteiger partial charge is 0.238 e. The van der Waals surface area contributed by atoms with E-state index in [0.717, 1.165) is 0 Å². The third kappa shape index (κ3) is 4.30. The van der Waals surface area contributed by atoms with Crippen molar-refractivity contribution >= 4 is 17.5 Å². The molecule has 4 nitrogen and oxygen atoms in total. The molecule has 16 heavy (non-hydrogen) atoms. The monoisotopic (exact) mass is 247 g/mol. The van der Waals surface area contributed by atoms with Gasteiger partial charge in [-0.15, -0.1) is 0 Å². The highest BCUT2D eigenvalue weighted by atomic mass is 35.5. The lowest BCUT2D eigenvalue weighted by Gasteiger charge is -2.13. The number of hydrogen-bond donors (Lipinski definition) is 2. The highest BCUT2D eigenvalue weighted by molar-refractivity contribution is 6.21. The molecule has 0 aliphatic carbocycles. The summed E-state index contributed by atoms with van der Waals surface area (Å²) in [5.74, 6) is -0.599. The van der Waals surface area contributed by atoms with Crippen molar-refractivity contribution in [1.29, 1.82) is 0 Å². The molecule has 0 unspecified atom stereocenters. The van der Waals surface area contributed by atoms with Crippen LogP contribution in [0.25, 0.3) is 0 Å². The summed E-state index contributed by atoms with van der Waals surface area (Å²) in [6, 6.07) is 0. The van der Waals surface area contributed by atoms with E-state index in [1.54, 1.807) is 19.0 Å². The predicted octanol–water partition coefficient (Wildman–Crippen LogP) is 0.570. The molecule has 0 aromatic carbocycles. The number of allylic oxidation sites excluding steroid dienone is 2. The maximum Gasteiger partial charge on any atom is 0.238 e. The number of carbonyl (C=O) groups is 1. The zero-order valence-corrected chi connectivity index (χ0v) is 10.0. The Kier molecular flexibility index (Phi) is 4.92. The van der Waals surface area contributed by atoms with E-state index < -0.39 is 11.3 Å². The fourth-order valence-electron chi connectivity index (χ4n) is 1.21. The lowest BCUT2D eigenvalue weighted by atomic mass is 10.3. The fourth-order valence-corrected chi connectivity index (χ4v) is 1.36. The van der Waals surface area contributed by atoms with Crippen LogP contribution in [0.4, 0.5) is 4.39 Å². The zero-order valence-electron chi connectivity index (χ0n) is 9.26. The minimum Gasteiger partial charge on any atom is -0.327 e. The lowest BCUT2D eigenvalue weighted by molar-refractivity contribution is -0.121. The average Bonchev–Trinajstić information content (AvgIpc) is 2.32. The second-order valence-electron chi connectivity index (χ2n) is 3.77. The molecule has 1 aliphatic heterocycles.